The summed E-state index contributed by atoms with van der Waals surface area (Å²) >= 11 is 2.63. The van der Waals surface area contributed by atoms with Crippen molar-refractivity contribution >= 4 is 85.2 Å². The topological polar surface area (TPSA) is 380 Å². The molecule has 0 saturated carbocycles. The Labute approximate surface area is 559 Å². The van der Waals surface area contributed by atoms with E-state index in [2.05, 4.69) is 51.5 Å². The number of rotatable bonds is 24. The van der Waals surface area contributed by atoms with Crippen molar-refractivity contribution in [1.82, 2.24) is 61.0 Å². The second kappa shape index (κ2) is 29.3. The van der Waals surface area contributed by atoms with E-state index < -0.39 is 20.0 Å². The maximum atomic E-state index is 13.5. The normalized spacial score (nSPS) is 11.5. The van der Waals surface area contributed by atoms with Crippen molar-refractivity contribution in [1.29, 1.82) is 0 Å². The highest BCUT2D eigenvalue weighted by Gasteiger charge is 2.31. The maximum Gasteiger partial charge on any atom is 0.239 e. The number of anilines is 2. The molecule has 2 amide bonds. The summed E-state index contributed by atoms with van der Waals surface area (Å²) in [5.41, 5.74) is 20.1. The molecule has 0 aliphatic carbocycles. The number of nitrogen functional groups attached to an aromatic ring is 2. The third-order valence-electron chi connectivity index (χ3n) is 15.4. The Morgan fingerprint density at radius 2 is 0.906 bits per heavy atom. The molecule has 0 atom stereocenters. The summed E-state index contributed by atoms with van der Waals surface area (Å²) in [6, 6.07) is 47.4. The second-order valence-electron chi connectivity index (χ2n) is 21.7. The first-order valence-corrected chi connectivity index (χ1v) is 34.3. The molecule has 4 heterocycles. The Balaban J connectivity index is 0.000000195. The van der Waals surface area contributed by atoms with Crippen LogP contribution < -0.4 is 51.3 Å². The predicted octanol–water partition coefficient (Wildman–Crippen LogP) is 8.32. The van der Waals surface area contributed by atoms with Gasteiger partial charge < -0.3 is 41.0 Å². The number of aromatic nitrogens is 10. The van der Waals surface area contributed by atoms with Crippen LogP contribution in [0.15, 0.2) is 168 Å². The molecule has 0 fully saturated rings. The highest BCUT2D eigenvalue weighted by molar-refractivity contribution is 7.89. The molecule has 4 aromatic heterocycles. The molecule has 0 saturated heterocycles. The third kappa shape index (κ3) is 15.6. The molecule has 0 radical (unpaired) electrons. The molecule has 0 bridgehead atoms. The third-order valence-corrected chi connectivity index (χ3v) is 19.2. The average molecular weight is 1370 g/mol. The molecule has 10 N–H and O–H groups in total. The monoisotopic (exact) mass is 1370 g/mol. The van der Waals surface area contributed by atoms with E-state index in [1.54, 1.807) is 52.7 Å². The number of ether oxygens (including phenoxy) is 4. The van der Waals surface area contributed by atoms with E-state index in [-0.39, 0.29) is 83.2 Å². The minimum Gasteiger partial charge on any atom is -0.497 e. The fourth-order valence-corrected chi connectivity index (χ4v) is 14.4. The highest BCUT2D eigenvalue weighted by Crippen LogP contribution is 2.44. The van der Waals surface area contributed by atoms with Gasteiger partial charge in [0.1, 0.15) is 23.0 Å². The Bertz CT molecular complexity index is 5030. The van der Waals surface area contributed by atoms with Gasteiger partial charge in [-0.25, -0.2) is 41.8 Å². The number of amides is 2. The lowest BCUT2D eigenvalue weighted by molar-refractivity contribution is -0.122. The van der Waals surface area contributed by atoms with Gasteiger partial charge in [-0.2, -0.15) is 4.80 Å². The summed E-state index contributed by atoms with van der Waals surface area (Å²) in [4.78, 5) is 35.9. The summed E-state index contributed by atoms with van der Waals surface area (Å²) in [7, 11) is -2.43. The minimum absolute atomic E-state index is 0.00640. The molecule has 30 heteroatoms. The minimum atomic E-state index is -4.39. The van der Waals surface area contributed by atoms with Crippen molar-refractivity contribution in [2.24, 2.45) is 10.3 Å². The molecular weight excluding hydrogens is 1310 g/mol. The lowest BCUT2D eigenvalue weighted by atomic mass is 9.94. The van der Waals surface area contributed by atoms with Gasteiger partial charge in [-0.05, 0) is 134 Å². The maximum absolute atomic E-state index is 13.5. The number of aryl methyl sites for hydroxylation is 2. The van der Waals surface area contributed by atoms with Gasteiger partial charge in [0, 0.05) is 42.6 Å². The van der Waals surface area contributed by atoms with Crippen molar-refractivity contribution in [3.63, 3.8) is 0 Å². The number of primary sulfonamides is 2. The summed E-state index contributed by atoms with van der Waals surface area (Å²) in [6.07, 6.45) is 0.183. The fraction of sp³-hybridized carbons (Fsp3) is 0.182. The Hall–Kier alpha value is -10.8. The van der Waals surface area contributed by atoms with Crippen LogP contribution in [0.3, 0.4) is 0 Å². The molecule has 96 heavy (non-hydrogen) atoms. The van der Waals surface area contributed by atoms with E-state index >= 15 is 0 Å². The van der Waals surface area contributed by atoms with Crippen LogP contribution in [0.25, 0.3) is 65.5 Å². The van der Waals surface area contributed by atoms with Crippen molar-refractivity contribution in [2.45, 2.75) is 61.7 Å². The van der Waals surface area contributed by atoms with Gasteiger partial charge in [-0.15, -0.1) is 15.3 Å². The second-order valence-corrected chi connectivity index (χ2v) is 26.8. The van der Waals surface area contributed by atoms with Crippen LogP contribution in [0.2, 0.25) is 0 Å². The summed E-state index contributed by atoms with van der Waals surface area (Å²) < 4.78 is 77.9. The fourth-order valence-electron chi connectivity index (χ4n) is 10.8. The number of nitrogens with one attached hydrogen (secondary N) is 2. The highest BCUT2D eigenvalue weighted by atomic mass is 32.2. The number of hydrogen-bond acceptors (Lipinski definition) is 22. The number of carbonyl (C=O) groups is 2. The van der Waals surface area contributed by atoms with Crippen molar-refractivity contribution in [2.75, 3.05) is 39.9 Å². The van der Waals surface area contributed by atoms with Gasteiger partial charge in [0.05, 0.1) is 77.3 Å². The zero-order valence-corrected chi connectivity index (χ0v) is 55.4. The zero-order chi connectivity index (χ0) is 67.7. The molecule has 8 aromatic carbocycles. The molecular formula is C66H64N16O10S4. The summed E-state index contributed by atoms with van der Waals surface area (Å²) in [6.45, 7) is 1.10. The smallest absolute Gasteiger partial charge is 0.239 e. The van der Waals surface area contributed by atoms with Gasteiger partial charge in [0.2, 0.25) is 37.7 Å². The number of methoxy groups -OCH3 is 4. The molecule has 0 aliphatic heterocycles. The van der Waals surface area contributed by atoms with E-state index in [4.69, 9.17) is 40.7 Å². The largest absolute Gasteiger partial charge is 0.497 e. The number of thiazole rings is 2. The lowest BCUT2D eigenvalue weighted by Gasteiger charge is -2.18. The molecule has 0 unspecified atom stereocenters. The van der Waals surface area contributed by atoms with Crippen molar-refractivity contribution < 1.29 is 45.4 Å². The number of nitrogens with two attached hydrogens (primary N) is 4. The first kappa shape index (κ1) is 66.7. The first-order chi connectivity index (χ1) is 46.3. The van der Waals surface area contributed by atoms with Crippen LogP contribution in [0, 0.1) is 0 Å². The summed E-state index contributed by atoms with van der Waals surface area (Å²) in [5.74, 6) is 2.52. The van der Waals surface area contributed by atoms with Gasteiger partial charge in [0.25, 0.3) is 0 Å². The molecule has 12 aromatic rings. The van der Waals surface area contributed by atoms with Crippen LogP contribution in [-0.4, -0.2) is 107 Å². The number of benzene rings is 8. The zero-order valence-electron chi connectivity index (χ0n) is 52.2. The van der Waals surface area contributed by atoms with Crippen LogP contribution in [-0.2, 0) is 68.7 Å². The number of para-hydroxylation sites is 2. The van der Waals surface area contributed by atoms with Crippen molar-refractivity contribution in [3.8, 4) is 68.0 Å². The summed E-state index contributed by atoms with van der Waals surface area (Å²) in [5, 5.41) is 43.9. The molecule has 0 spiro atoms. The van der Waals surface area contributed by atoms with Crippen LogP contribution in [0.1, 0.15) is 46.2 Å². The number of nitrogens with zero attached hydrogens (tertiary/aromatic N) is 10. The lowest BCUT2D eigenvalue weighted by Crippen LogP contribution is -2.24. The van der Waals surface area contributed by atoms with E-state index in [9.17, 15) is 26.4 Å². The van der Waals surface area contributed by atoms with Crippen LogP contribution in [0.5, 0.6) is 23.0 Å². The Morgan fingerprint density at radius 1 is 0.490 bits per heavy atom. The Kier molecular flexibility index (Phi) is 20.3. The standard InChI is InChI=1S/2C33H32N8O5S2/c1-45-23-12-6-20(7-13-23)18-36-28(42)17-11-22-10-16-25(26-4-3-5-27-30(26)37-33(34)47-27)29(31(22)48(35,43)44)32-38-39-40-41(32)19-21-8-14-24(46-2)15-9-21;1-45-23-12-6-20(7-13-23)18-36-28(42)17-11-22-10-16-25(26-4-3-5-27-30(26)37-33(34)47-27)29(31(22)48(35,43)44)32-38-40-41(39-32)19-21-8-14-24(46-2)15-9-21/h2*3-10,12-16H,11,17-19H2,1-2H3,(H2,34,37)(H,36,42)(H2,35,43,44). The Morgan fingerprint density at radius 3 is 1.34 bits per heavy atom. The van der Waals surface area contributed by atoms with Gasteiger partial charge in [-0.1, -0.05) is 120 Å². The molecule has 492 valence electrons. The molecule has 26 nitrogen and oxygen atoms in total. The molecule has 0 aliphatic rings. The number of sulfonamides is 2. The number of hydrogen-bond donors (Lipinski definition) is 6. The quantitative estimate of drug-likeness (QED) is 0.0331. The molecule has 12 rings (SSSR count). The number of carbonyl (C=O) groups excluding carboxylic acids is 2. The predicted molar refractivity (Wildman–Crippen MR) is 366 cm³/mol. The van der Waals surface area contributed by atoms with E-state index in [1.165, 1.54) is 32.2 Å². The van der Waals surface area contributed by atoms with E-state index in [0.717, 1.165) is 31.7 Å². The van der Waals surface area contributed by atoms with Gasteiger partial charge >= 0.3 is 0 Å². The average Bonchev–Trinajstić information content (AvgIpc) is 1.32. The number of tetrazole rings is 2. The van der Waals surface area contributed by atoms with Crippen molar-refractivity contribution in [3.05, 3.63) is 191 Å². The SMILES string of the molecule is COc1ccc(CNC(=O)CCc2ccc(-c3cccc4sc(N)nc34)c(-c3nnn(Cc4ccc(OC)cc4)n3)c2S(N)(=O)=O)cc1.COc1ccc(CNC(=O)CCc2ccc(-c3cccc4sc(N)nc34)c(-c3nnnn3Cc3ccc(OC)cc3)c2S(N)(=O)=O)cc1. The van der Waals surface area contributed by atoms with E-state index in [0.29, 0.717) is 90.8 Å². The van der Waals surface area contributed by atoms with Gasteiger partial charge in [0.15, 0.2) is 16.1 Å². The van der Waals surface area contributed by atoms with E-state index in [1.807, 2.05) is 133 Å². The number of fused-ring (bicyclic) bond motifs is 2. The first-order valence-electron chi connectivity index (χ1n) is 29.5. The van der Waals surface area contributed by atoms with Crippen LogP contribution in [0.4, 0.5) is 10.3 Å². The van der Waals surface area contributed by atoms with Gasteiger partial charge in [-0.3, -0.25) is 9.59 Å². The van der Waals surface area contributed by atoms with Crippen LogP contribution >= 0.6 is 22.7 Å².